The Morgan fingerprint density at radius 1 is 0.691 bits per heavy atom. The number of carbonyl (C=O) groups excluding carboxylic acids is 2. The van der Waals surface area contributed by atoms with E-state index in [9.17, 15) is 30.0 Å². The number of carboxylic acid groups (broad SMARTS) is 1. The summed E-state index contributed by atoms with van der Waals surface area (Å²) >= 11 is 1.75. The molecule has 10 aliphatic rings. The normalized spacial score (nSPS) is 49.0. The number of aliphatic hydroxyl groups is 4. The molecule has 0 bridgehead atoms. The molecule has 10 N–H and O–H groups in total. The van der Waals surface area contributed by atoms with Crippen LogP contribution in [0, 0.1) is 69.0 Å². The minimum absolute atomic E-state index is 0. The van der Waals surface area contributed by atoms with Gasteiger partial charge in [-0.2, -0.15) is 11.8 Å². The van der Waals surface area contributed by atoms with Crippen molar-refractivity contribution in [3.8, 4) is 0 Å². The number of thioether (sulfide) groups is 1. The zero-order chi connectivity index (χ0) is 46.3. The van der Waals surface area contributed by atoms with Crippen molar-refractivity contribution in [1.29, 1.82) is 0 Å². The quantitative estimate of drug-likeness (QED) is 0.0968. The fourth-order valence-electron chi connectivity index (χ4n) is 17.4. The van der Waals surface area contributed by atoms with Gasteiger partial charge in [0.1, 0.15) is 0 Å². The van der Waals surface area contributed by atoms with Crippen LogP contribution in [-0.2, 0) is 9.59 Å². The van der Waals surface area contributed by atoms with Crippen molar-refractivity contribution in [2.45, 2.75) is 228 Å². The van der Waals surface area contributed by atoms with E-state index >= 15 is 0 Å². The Morgan fingerprint density at radius 3 is 1.65 bits per heavy atom. The van der Waals surface area contributed by atoms with E-state index in [1.165, 1.54) is 32.1 Å². The molecule has 2 saturated heterocycles. The predicted molar refractivity (Wildman–Crippen MR) is 277 cm³/mol. The molecule has 0 aromatic rings. The van der Waals surface area contributed by atoms with Crippen molar-refractivity contribution in [2.24, 2.45) is 74.7 Å². The summed E-state index contributed by atoms with van der Waals surface area (Å²) in [7, 11) is 0. The lowest BCUT2D eigenvalue weighted by Gasteiger charge is -2.63. The van der Waals surface area contributed by atoms with Crippen molar-refractivity contribution in [2.75, 3.05) is 5.75 Å². The summed E-state index contributed by atoms with van der Waals surface area (Å²) in [5.41, 5.74) is 9.91. The Hall–Kier alpha value is -2.16. The number of aliphatic hydroxyl groups excluding tert-OH is 4. The van der Waals surface area contributed by atoms with Crippen molar-refractivity contribution >= 4 is 29.7 Å². The minimum atomic E-state index is -0.833. The maximum Gasteiger partial charge on any atom is 0.315 e. The van der Waals surface area contributed by atoms with Crippen LogP contribution in [0.5, 0.6) is 0 Å². The molecule has 0 aromatic carbocycles. The van der Waals surface area contributed by atoms with Crippen LogP contribution in [0.2, 0.25) is 0 Å². The van der Waals surface area contributed by atoms with E-state index in [1.54, 1.807) is 22.9 Å². The maximum absolute atomic E-state index is 13.0. The predicted octanol–water partition coefficient (Wildman–Crippen LogP) is 8.84. The van der Waals surface area contributed by atoms with Crippen LogP contribution in [0.3, 0.4) is 0 Å². The molecule has 0 aromatic heterocycles. The molecule has 10 rings (SSSR count). The molecule has 2 heterocycles. The van der Waals surface area contributed by atoms with Crippen molar-refractivity contribution < 1.29 is 39.9 Å². The summed E-state index contributed by atoms with van der Waals surface area (Å²) in [5, 5.41) is 61.8. The average Bonchev–Trinajstić information content (AvgIpc) is 4.00. The van der Waals surface area contributed by atoms with Crippen molar-refractivity contribution in [3.05, 3.63) is 23.3 Å². The number of rotatable bonds is 3. The Balaban J connectivity index is 0.000000276. The third-order valence-corrected chi connectivity index (χ3v) is 22.1. The maximum atomic E-state index is 13.0. The molecular formula is C55H98N4O8S. The van der Waals surface area contributed by atoms with Crippen LogP contribution in [0.25, 0.3) is 0 Å². The first-order chi connectivity index (χ1) is 30.2. The number of nitrogens with two attached hydrogens (primary N) is 1. The van der Waals surface area contributed by atoms with Gasteiger partial charge >= 0.3 is 6.03 Å². The number of nitrogens with one attached hydrogen (secondary N) is 3. The van der Waals surface area contributed by atoms with E-state index in [0.717, 1.165) is 70.5 Å². The van der Waals surface area contributed by atoms with Crippen LogP contribution in [-0.4, -0.2) is 103 Å². The highest BCUT2D eigenvalue weighted by Gasteiger charge is 2.66. The summed E-state index contributed by atoms with van der Waals surface area (Å²) in [5.74, 6) is 2.57. The van der Waals surface area contributed by atoms with E-state index in [4.69, 9.17) is 15.6 Å². The summed E-state index contributed by atoms with van der Waals surface area (Å²) in [6.45, 7) is 15.0. The van der Waals surface area contributed by atoms with Gasteiger partial charge in [0.2, 0.25) is 5.91 Å². The molecule has 13 heteroatoms. The molecule has 68 heavy (non-hydrogen) atoms. The van der Waals surface area contributed by atoms with E-state index < -0.39 is 30.4 Å². The highest BCUT2D eigenvalue weighted by atomic mass is 32.2. The number of fused-ring (bicyclic) bond motifs is 11. The lowest BCUT2D eigenvalue weighted by molar-refractivity contribution is -0.211. The lowest BCUT2D eigenvalue weighted by Crippen LogP contribution is -2.64. The molecule has 2 aliphatic heterocycles. The average molecular weight is 975 g/mol. The van der Waals surface area contributed by atoms with Crippen molar-refractivity contribution in [3.63, 3.8) is 0 Å². The highest BCUT2D eigenvalue weighted by molar-refractivity contribution is 8.00. The highest BCUT2D eigenvalue weighted by Crippen LogP contribution is 2.69. The Bertz CT molecular complexity index is 1840. The second-order valence-electron chi connectivity index (χ2n) is 23.3. The summed E-state index contributed by atoms with van der Waals surface area (Å²) in [6, 6.07) is 0.223. The number of carboxylic acids is 1. The smallest absolute Gasteiger partial charge is 0.315 e. The van der Waals surface area contributed by atoms with Gasteiger partial charge in [0.05, 0.1) is 36.5 Å². The summed E-state index contributed by atoms with van der Waals surface area (Å²) < 4.78 is 0. The number of carbonyl (C=O) groups is 3. The molecule has 0 spiro atoms. The van der Waals surface area contributed by atoms with Crippen LogP contribution in [0.15, 0.2) is 23.3 Å². The fourth-order valence-corrected chi connectivity index (χ4v) is 18.8. The molecular weight excluding hydrogens is 877 g/mol. The second kappa shape index (κ2) is 21.9. The van der Waals surface area contributed by atoms with Gasteiger partial charge in [0.15, 0.2) is 0 Å². The Labute approximate surface area is 416 Å². The molecule has 8 aliphatic carbocycles. The van der Waals surface area contributed by atoms with E-state index in [2.05, 4.69) is 69.6 Å². The topological polar surface area (TPSA) is 214 Å². The van der Waals surface area contributed by atoms with Crippen molar-refractivity contribution in [1.82, 2.24) is 16.0 Å². The SMILES string of the molecule is C.C.C.C.C/C=C1/CCC2C3C(CC[C@]12C)[C@@]1(C)CC[C@H](N)CC1[C@@H](O)[C@@H]3O.C/C=C1/CCC2C3C(CC[C@]12C)[C@@]1(C)CC[C@H](NC(=O)C[C@@H]2SC[C@@H]4NC(=O)N[C@@H]42)CC1[C@@H](O)[C@@H]3O.CC(=O)O. The minimum Gasteiger partial charge on any atom is -0.481 e. The first kappa shape index (κ1) is 58.4. The monoisotopic (exact) mass is 975 g/mol. The number of hydrogen-bond acceptors (Lipinski definition) is 9. The lowest BCUT2D eigenvalue weighted by atomic mass is 9.43. The summed E-state index contributed by atoms with van der Waals surface area (Å²) in [4.78, 5) is 33.7. The van der Waals surface area contributed by atoms with Gasteiger partial charge in [0, 0.05) is 36.4 Å². The molecule has 8 unspecified atom stereocenters. The zero-order valence-corrected chi connectivity index (χ0v) is 40.5. The van der Waals surface area contributed by atoms with E-state index in [1.807, 2.05) is 0 Å². The number of urea groups is 1. The largest absolute Gasteiger partial charge is 0.481 e. The third-order valence-electron chi connectivity index (χ3n) is 20.6. The van der Waals surface area contributed by atoms with Gasteiger partial charge in [-0.3, -0.25) is 9.59 Å². The molecule has 392 valence electrons. The first-order valence-electron chi connectivity index (χ1n) is 25.2. The van der Waals surface area contributed by atoms with E-state index in [0.29, 0.717) is 30.1 Å². The number of amides is 3. The van der Waals surface area contributed by atoms with Gasteiger partial charge < -0.3 is 47.2 Å². The van der Waals surface area contributed by atoms with Crippen LogP contribution < -0.4 is 21.7 Å². The second-order valence-corrected chi connectivity index (χ2v) is 24.6. The van der Waals surface area contributed by atoms with Gasteiger partial charge in [-0.25, -0.2) is 4.79 Å². The van der Waals surface area contributed by atoms with Crippen LogP contribution >= 0.6 is 11.8 Å². The Morgan fingerprint density at radius 2 is 1.16 bits per heavy atom. The van der Waals surface area contributed by atoms with Crippen LogP contribution in [0.1, 0.15) is 174 Å². The van der Waals surface area contributed by atoms with Gasteiger partial charge in [-0.1, -0.05) is 80.7 Å². The Kier molecular flexibility index (Phi) is 18.8. The molecule has 10 fully saturated rings. The fraction of sp³-hybridized carbons (Fsp3) is 0.873. The molecule has 8 saturated carbocycles. The molecule has 12 nitrogen and oxygen atoms in total. The number of hydrogen-bond donors (Lipinski definition) is 9. The zero-order valence-electron chi connectivity index (χ0n) is 39.7. The van der Waals surface area contributed by atoms with Gasteiger partial charge in [-0.05, 0) is 173 Å². The van der Waals surface area contributed by atoms with Crippen LogP contribution in [0.4, 0.5) is 4.79 Å². The number of aliphatic carboxylic acids is 1. The molecule has 21 atom stereocenters. The standard InChI is InChI=1S/C28H43N3O4S.C21H35NO2.C2H4O2.4CH4/c1-4-14-5-6-16-22-17(8-10-27(14,16)2)28(3)9-7-15(11-18(28)24(33)25(22)34)29-21(32)12-20-23-19(13-36-20)30-26(35)31-23;1-4-12-5-6-14-17-15(8-10-20(12,14)2)21(3)9-7-13(22)11-16(21)18(23)19(17)24;1-2(3)4;;;;/h4,15-20,22-25,33-34H,5-13H2,1-3H3,(H,29,32)(H2,30,31,35);4,13-19,23-24H,5-11,22H2,1-3H3;1H3,(H,3,4);4*1H4/b14-4-;12-4-;;;;;/t15-,16?,17?,18?,19-,20-,22?,23-,24+,25+,27+,28+;13-,14?,15?,16?,17?,18+,19+,20+,21+;;;;;/m00...../s1. The summed E-state index contributed by atoms with van der Waals surface area (Å²) in [6.07, 6.45) is 17.5. The van der Waals surface area contributed by atoms with E-state index in [-0.39, 0.29) is 116 Å². The number of allylic oxidation sites excluding steroid dienone is 4. The molecule has 0 radical (unpaired) electrons. The third kappa shape index (κ3) is 9.74. The van der Waals surface area contributed by atoms with Gasteiger partial charge in [0.25, 0.3) is 5.97 Å². The van der Waals surface area contributed by atoms with Gasteiger partial charge in [-0.15, -0.1) is 0 Å². The molecule has 3 amide bonds. The first-order valence-corrected chi connectivity index (χ1v) is 26.2.